The van der Waals surface area contributed by atoms with Crippen molar-refractivity contribution in [2.24, 2.45) is 0 Å². The predicted octanol–water partition coefficient (Wildman–Crippen LogP) is 20.5. The van der Waals surface area contributed by atoms with E-state index in [0.717, 1.165) is 64.2 Å². The first-order valence-corrected chi connectivity index (χ1v) is 30.4. The molecule has 0 saturated carbocycles. The highest BCUT2D eigenvalue weighted by molar-refractivity contribution is 5.71. The summed E-state index contributed by atoms with van der Waals surface area (Å²) in [5, 5.41) is 0. The summed E-state index contributed by atoms with van der Waals surface area (Å²) >= 11 is 0. The van der Waals surface area contributed by atoms with Gasteiger partial charge in [0, 0.05) is 19.3 Å². The van der Waals surface area contributed by atoms with Crippen LogP contribution in [0.2, 0.25) is 0 Å². The van der Waals surface area contributed by atoms with Gasteiger partial charge < -0.3 is 14.2 Å². The zero-order valence-electron chi connectivity index (χ0n) is 47.0. The molecule has 0 aromatic carbocycles. The van der Waals surface area contributed by atoms with E-state index in [-0.39, 0.29) is 37.5 Å². The smallest absolute Gasteiger partial charge is 0.306 e. The fourth-order valence-corrected chi connectivity index (χ4v) is 8.60. The average Bonchev–Trinajstić information content (AvgIpc) is 3.37. The third-order valence-electron chi connectivity index (χ3n) is 13.2. The second-order valence-corrected chi connectivity index (χ2v) is 20.3. The van der Waals surface area contributed by atoms with E-state index in [1.54, 1.807) is 0 Å². The third kappa shape index (κ3) is 57.6. The van der Waals surface area contributed by atoms with Crippen molar-refractivity contribution in [1.82, 2.24) is 0 Å². The molecule has 1 atom stereocenters. The Hall–Kier alpha value is -3.15. The van der Waals surface area contributed by atoms with E-state index in [9.17, 15) is 14.4 Å². The van der Waals surface area contributed by atoms with E-state index < -0.39 is 6.10 Å². The molecule has 6 nitrogen and oxygen atoms in total. The Morgan fingerprint density at radius 1 is 0.282 bits per heavy atom. The van der Waals surface area contributed by atoms with Gasteiger partial charge in [0.15, 0.2) is 6.10 Å². The van der Waals surface area contributed by atoms with E-state index in [4.69, 9.17) is 14.2 Å². The van der Waals surface area contributed by atoms with Crippen molar-refractivity contribution in [2.45, 2.75) is 309 Å². The summed E-state index contributed by atoms with van der Waals surface area (Å²) in [5.74, 6) is -0.974. The van der Waals surface area contributed by atoms with Crippen LogP contribution < -0.4 is 0 Å². The number of esters is 3. The molecule has 0 amide bonds. The fourth-order valence-electron chi connectivity index (χ4n) is 8.60. The third-order valence-corrected chi connectivity index (χ3v) is 13.2. The molecule has 0 aromatic rings. The Bertz CT molecular complexity index is 1320. The molecule has 0 radical (unpaired) electrons. The maximum absolute atomic E-state index is 12.8. The highest BCUT2D eigenvalue weighted by Gasteiger charge is 2.19. The van der Waals surface area contributed by atoms with Gasteiger partial charge in [-0.25, -0.2) is 0 Å². The fraction of sp³-hybridized carbons (Fsp3) is 0.769. The van der Waals surface area contributed by atoms with Crippen molar-refractivity contribution >= 4 is 17.9 Å². The first-order chi connectivity index (χ1) is 35.0. The summed E-state index contributed by atoms with van der Waals surface area (Å²) in [6, 6.07) is 0. The zero-order chi connectivity index (χ0) is 51.4. The van der Waals surface area contributed by atoms with E-state index in [2.05, 4.69) is 87.6 Å². The van der Waals surface area contributed by atoms with Crippen LogP contribution in [0.15, 0.2) is 72.9 Å². The van der Waals surface area contributed by atoms with Crippen LogP contribution in [0.3, 0.4) is 0 Å². The van der Waals surface area contributed by atoms with Crippen LogP contribution in [0.5, 0.6) is 0 Å². The van der Waals surface area contributed by atoms with Crippen molar-refractivity contribution in [3.63, 3.8) is 0 Å². The molecule has 0 bridgehead atoms. The van der Waals surface area contributed by atoms with Gasteiger partial charge in [-0.05, 0) is 83.5 Å². The van der Waals surface area contributed by atoms with Crippen LogP contribution in [0.1, 0.15) is 303 Å². The Kier molecular flexibility index (Phi) is 56.8. The minimum absolute atomic E-state index is 0.102. The number of carbonyl (C=O) groups excluding carboxylic acids is 3. The summed E-state index contributed by atoms with van der Waals surface area (Å²) in [6.07, 6.45) is 76.2. The normalized spacial score (nSPS) is 12.5. The van der Waals surface area contributed by atoms with Gasteiger partial charge in [-0.3, -0.25) is 14.4 Å². The molecule has 0 fully saturated rings. The molecule has 0 aromatic heterocycles. The van der Waals surface area contributed by atoms with Gasteiger partial charge in [-0.2, -0.15) is 0 Å². The van der Waals surface area contributed by atoms with Crippen molar-refractivity contribution in [3.8, 4) is 0 Å². The number of rotatable bonds is 55. The largest absolute Gasteiger partial charge is 0.462 e. The molecule has 0 aliphatic rings. The van der Waals surface area contributed by atoms with E-state index in [0.29, 0.717) is 19.3 Å². The monoisotopic (exact) mass is 991 g/mol. The number of hydrogen-bond acceptors (Lipinski definition) is 6. The molecular weight excluding hydrogens is 877 g/mol. The zero-order valence-corrected chi connectivity index (χ0v) is 47.0. The Balaban J connectivity index is 4.43. The first kappa shape index (κ1) is 67.8. The number of hydrogen-bond donors (Lipinski definition) is 0. The second-order valence-electron chi connectivity index (χ2n) is 20.3. The summed E-state index contributed by atoms with van der Waals surface area (Å²) in [4.78, 5) is 38.2. The maximum atomic E-state index is 12.8. The topological polar surface area (TPSA) is 78.9 Å². The van der Waals surface area contributed by atoms with Crippen molar-refractivity contribution in [2.75, 3.05) is 13.2 Å². The molecule has 6 heteroatoms. The van der Waals surface area contributed by atoms with E-state index in [1.807, 2.05) is 6.08 Å². The molecule has 0 spiro atoms. The standard InChI is InChI=1S/C65H114O6/c1-4-7-10-13-16-19-22-25-27-29-31-32-34-35-37-40-43-46-49-52-55-58-64(67)70-61-62(60-69-63(66)57-54-51-48-45-42-39-24-21-18-15-12-9-6-3)71-65(68)59-56-53-50-47-44-41-38-36-33-30-28-26-23-20-17-14-11-8-5-2/h17,20,25-28,33,36,41,44,50,53,62H,4-16,18-19,21-24,29-32,34-35,37-40,42-43,45-49,51-52,54-61H2,1-3H3/b20-17-,27-25-,28-26-,36-33-,44-41-,53-50-/t62-/m0/s1. The highest BCUT2D eigenvalue weighted by Crippen LogP contribution is 2.16. The molecule has 0 aliphatic carbocycles. The van der Waals surface area contributed by atoms with Crippen molar-refractivity contribution in [3.05, 3.63) is 72.9 Å². The maximum Gasteiger partial charge on any atom is 0.306 e. The molecule has 0 saturated heterocycles. The van der Waals surface area contributed by atoms with Gasteiger partial charge >= 0.3 is 17.9 Å². The predicted molar refractivity (Wildman–Crippen MR) is 307 cm³/mol. The quantitative estimate of drug-likeness (QED) is 0.0261. The number of unbranched alkanes of at least 4 members (excludes halogenated alkanes) is 32. The van der Waals surface area contributed by atoms with E-state index >= 15 is 0 Å². The first-order valence-electron chi connectivity index (χ1n) is 30.4. The molecule has 0 N–H and O–H groups in total. The van der Waals surface area contributed by atoms with Crippen molar-refractivity contribution in [1.29, 1.82) is 0 Å². The Morgan fingerprint density at radius 3 is 0.887 bits per heavy atom. The lowest BCUT2D eigenvalue weighted by Crippen LogP contribution is -2.30. The van der Waals surface area contributed by atoms with Crippen LogP contribution in [0.4, 0.5) is 0 Å². The molecule has 0 rings (SSSR count). The van der Waals surface area contributed by atoms with Gasteiger partial charge in [-0.1, -0.05) is 273 Å². The average molecular weight is 992 g/mol. The molecular formula is C65H114O6. The lowest BCUT2D eigenvalue weighted by molar-refractivity contribution is -0.166. The molecule has 410 valence electrons. The van der Waals surface area contributed by atoms with Gasteiger partial charge in [-0.15, -0.1) is 0 Å². The van der Waals surface area contributed by atoms with Gasteiger partial charge in [0.2, 0.25) is 0 Å². The molecule has 0 aliphatic heterocycles. The lowest BCUT2D eigenvalue weighted by atomic mass is 10.0. The molecule has 0 heterocycles. The van der Waals surface area contributed by atoms with Gasteiger partial charge in [0.25, 0.3) is 0 Å². The van der Waals surface area contributed by atoms with Crippen LogP contribution in [0, 0.1) is 0 Å². The molecule has 71 heavy (non-hydrogen) atoms. The van der Waals surface area contributed by atoms with Gasteiger partial charge in [0.1, 0.15) is 13.2 Å². The van der Waals surface area contributed by atoms with Crippen LogP contribution in [-0.2, 0) is 28.6 Å². The van der Waals surface area contributed by atoms with Crippen LogP contribution in [-0.4, -0.2) is 37.2 Å². The summed E-state index contributed by atoms with van der Waals surface area (Å²) in [6.45, 7) is 6.58. The summed E-state index contributed by atoms with van der Waals surface area (Å²) < 4.78 is 16.8. The summed E-state index contributed by atoms with van der Waals surface area (Å²) in [5.41, 5.74) is 0. The lowest BCUT2D eigenvalue weighted by Gasteiger charge is -2.18. The number of ether oxygens (including phenoxy) is 3. The molecule has 0 unspecified atom stereocenters. The highest BCUT2D eigenvalue weighted by atomic mass is 16.6. The second kappa shape index (κ2) is 59.4. The minimum Gasteiger partial charge on any atom is -0.462 e. The number of allylic oxidation sites excluding steroid dienone is 12. The Labute approximate surface area is 440 Å². The van der Waals surface area contributed by atoms with Crippen molar-refractivity contribution < 1.29 is 28.6 Å². The van der Waals surface area contributed by atoms with Crippen LogP contribution in [0.25, 0.3) is 0 Å². The SMILES string of the molecule is CCCCC/C=C\C/C=C\C/C=C\C/C=C\C/C=C\CCC(=O)O[C@H](COC(=O)CCCCCCCCCCCCC/C=C\CCCCCCCC)COC(=O)CCCCCCCCCCCCCCC. The van der Waals surface area contributed by atoms with E-state index in [1.165, 1.54) is 193 Å². The Morgan fingerprint density at radius 2 is 0.535 bits per heavy atom. The van der Waals surface area contributed by atoms with Crippen LogP contribution >= 0.6 is 0 Å². The summed E-state index contributed by atoms with van der Waals surface area (Å²) in [7, 11) is 0. The number of carbonyl (C=O) groups is 3. The minimum atomic E-state index is -0.814. The van der Waals surface area contributed by atoms with Gasteiger partial charge in [0.05, 0.1) is 0 Å².